The Labute approximate surface area is 192 Å². The lowest BCUT2D eigenvalue weighted by Crippen LogP contribution is -2.37. The summed E-state index contributed by atoms with van der Waals surface area (Å²) in [5.74, 6) is -1.01. The van der Waals surface area contributed by atoms with Gasteiger partial charge in [-0.2, -0.15) is 0 Å². The SMILES string of the molecule is COc1ccc(N2C(=O)C3ON(c4ccccc4)C(c4cc(Br)ccc4O)C3C2=O)cc1. The number of imide groups is 1. The molecule has 2 aliphatic heterocycles. The van der Waals surface area contributed by atoms with Gasteiger partial charge >= 0.3 is 0 Å². The van der Waals surface area contributed by atoms with Crippen molar-refractivity contribution in [3.8, 4) is 11.5 Å². The molecule has 3 unspecified atom stereocenters. The van der Waals surface area contributed by atoms with Crippen molar-refractivity contribution in [2.24, 2.45) is 5.92 Å². The number of carbonyl (C=O) groups excluding carboxylic acids is 2. The van der Waals surface area contributed by atoms with Crippen molar-refractivity contribution < 1.29 is 24.3 Å². The number of rotatable bonds is 4. The lowest BCUT2D eigenvalue weighted by Gasteiger charge is -2.29. The fourth-order valence-corrected chi connectivity index (χ4v) is 4.66. The van der Waals surface area contributed by atoms with Crippen LogP contribution >= 0.6 is 15.9 Å². The number of hydrogen-bond donors (Lipinski definition) is 1. The first-order valence-corrected chi connectivity index (χ1v) is 10.8. The molecule has 5 rings (SSSR count). The maximum atomic E-state index is 13.6. The van der Waals surface area contributed by atoms with E-state index in [4.69, 9.17) is 9.57 Å². The molecule has 0 saturated carbocycles. The first-order chi connectivity index (χ1) is 15.5. The molecule has 0 radical (unpaired) electrons. The van der Waals surface area contributed by atoms with E-state index in [1.165, 1.54) is 0 Å². The molecule has 3 atom stereocenters. The molecule has 3 aromatic rings. The van der Waals surface area contributed by atoms with Gasteiger partial charge in [-0.15, -0.1) is 0 Å². The van der Waals surface area contributed by atoms with Crippen molar-refractivity contribution >= 4 is 39.1 Å². The zero-order valence-corrected chi connectivity index (χ0v) is 18.6. The minimum Gasteiger partial charge on any atom is -0.508 e. The molecule has 8 heteroatoms. The molecule has 0 aliphatic carbocycles. The summed E-state index contributed by atoms with van der Waals surface area (Å²) in [5, 5.41) is 12.2. The minimum atomic E-state index is -1.01. The Morgan fingerprint density at radius 2 is 1.66 bits per heavy atom. The zero-order chi connectivity index (χ0) is 22.4. The number of methoxy groups -OCH3 is 1. The largest absolute Gasteiger partial charge is 0.508 e. The first kappa shape index (κ1) is 20.5. The predicted octanol–water partition coefficient (Wildman–Crippen LogP) is 4.21. The van der Waals surface area contributed by atoms with E-state index in [2.05, 4.69) is 15.9 Å². The lowest BCUT2D eigenvalue weighted by molar-refractivity contribution is -0.126. The number of phenolic OH excluding ortho intramolecular Hbond substituents is 1. The fourth-order valence-electron chi connectivity index (χ4n) is 4.28. The van der Waals surface area contributed by atoms with E-state index in [9.17, 15) is 14.7 Å². The maximum Gasteiger partial charge on any atom is 0.266 e. The van der Waals surface area contributed by atoms with Crippen LogP contribution in [0.25, 0.3) is 0 Å². The van der Waals surface area contributed by atoms with Crippen LogP contribution < -0.4 is 14.7 Å². The van der Waals surface area contributed by atoms with Crippen molar-refractivity contribution in [3.05, 3.63) is 82.8 Å². The number of amides is 2. The Kier molecular flexibility index (Phi) is 5.11. The second-order valence-electron chi connectivity index (χ2n) is 7.57. The van der Waals surface area contributed by atoms with Gasteiger partial charge in [0.2, 0.25) is 5.91 Å². The summed E-state index contributed by atoms with van der Waals surface area (Å²) in [5.41, 5.74) is 1.62. The van der Waals surface area contributed by atoms with Gasteiger partial charge in [0, 0.05) is 10.0 Å². The summed E-state index contributed by atoms with van der Waals surface area (Å²) in [6, 6.07) is 20.3. The Morgan fingerprint density at radius 1 is 0.938 bits per heavy atom. The molecular formula is C24H19BrN2O5. The number of benzene rings is 3. The number of anilines is 2. The summed E-state index contributed by atoms with van der Waals surface area (Å²) >= 11 is 3.44. The highest BCUT2D eigenvalue weighted by Gasteiger charge is 2.60. The third-order valence-electron chi connectivity index (χ3n) is 5.76. The molecule has 162 valence electrons. The van der Waals surface area contributed by atoms with Gasteiger partial charge in [0.1, 0.15) is 17.4 Å². The molecule has 2 heterocycles. The van der Waals surface area contributed by atoms with Crippen LogP contribution in [0.2, 0.25) is 0 Å². The molecule has 2 amide bonds. The van der Waals surface area contributed by atoms with E-state index < -0.39 is 24.0 Å². The topological polar surface area (TPSA) is 79.3 Å². The van der Waals surface area contributed by atoms with Crippen molar-refractivity contribution in [1.29, 1.82) is 0 Å². The molecule has 0 aromatic heterocycles. The Balaban J connectivity index is 1.59. The summed E-state index contributed by atoms with van der Waals surface area (Å²) in [7, 11) is 1.55. The fraction of sp³-hybridized carbons (Fsp3) is 0.167. The molecule has 2 aliphatic rings. The van der Waals surface area contributed by atoms with Crippen LogP contribution in [0.5, 0.6) is 11.5 Å². The number of fused-ring (bicyclic) bond motifs is 1. The van der Waals surface area contributed by atoms with E-state index in [1.54, 1.807) is 54.6 Å². The molecule has 2 saturated heterocycles. The molecule has 0 bridgehead atoms. The van der Waals surface area contributed by atoms with Crippen molar-refractivity contribution in [3.63, 3.8) is 0 Å². The van der Waals surface area contributed by atoms with E-state index >= 15 is 0 Å². The number of para-hydroxylation sites is 1. The Hall–Kier alpha value is -3.36. The summed E-state index contributed by atoms with van der Waals surface area (Å²) < 4.78 is 5.91. The smallest absolute Gasteiger partial charge is 0.266 e. The highest BCUT2D eigenvalue weighted by atomic mass is 79.9. The van der Waals surface area contributed by atoms with E-state index in [-0.39, 0.29) is 11.7 Å². The van der Waals surface area contributed by atoms with Gasteiger partial charge in [0.25, 0.3) is 5.91 Å². The van der Waals surface area contributed by atoms with Gasteiger partial charge < -0.3 is 9.84 Å². The van der Waals surface area contributed by atoms with Crippen LogP contribution in [0.3, 0.4) is 0 Å². The second kappa shape index (κ2) is 7.96. The van der Waals surface area contributed by atoms with Gasteiger partial charge in [-0.1, -0.05) is 34.1 Å². The van der Waals surface area contributed by atoms with Crippen LogP contribution in [0.15, 0.2) is 77.3 Å². The molecule has 7 nitrogen and oxygen atoms in total. The molecule has 1 N–H and O–H groups in total. The van der Waals surface area contributed by atoms with Crippen LogP contribution in [-0.2, 0) is 14.4 Å². The van der Waals surface area contributed by atoms with Crippen LogP contribution in [-0.4, -0.2) is 30.1 Å². The third kappa shape index (κ3) is 3.23. The second-order valence-corrected chi connectivity index (χ2v) is 8.49. The third-order valence-corrected chi connectivity index (χ3v) is 6.26. The summed E-state index contributed by atoms with van der Waals surface area (Å²) in [4.78, 5) is 34.1. The molecular weight excluding hydrogens is 476 g/mol. The quantitative estimate of drug-likeness (QED) is 0.547. The number of phenols is 1. The first-order valence-electron chi connectivity index (χ1n) is 10.0. The average Bonchev–Trinajstić information content (AvgIpc) is 3.32. The highest BCUT2D eigenvalue weighted by Crippen LogP contribution is 2.49. The van der Waals surface area contributed by atoms with Crippen LogP contribution in [0.1, 0.15) is 11.6 Å². The van der Waals surface area contributed by atoms with E-state index in [0.717, 1.165) is 9.37 Å². The van der Waals surface area contributed by atoms with Gasteiger partial charge in [0.05, 0.1) is 24.5 Å². The Bertz CT molecular complexity index is 1180. The number of nitrogens with zero attached hydrogens (tertiary/aromatic N) is 2. The number of hydrogen-bond acceptors (Lipinski definition) is 6. The molecule has 0 spiro atoms. The van der Waals surface area contributed by atoms with Crippen LogP contribution in [0.4, 0.5) is 11.4 Å². The lowest BCUT2D eigenvalue weighted by atomic mass is 9.90. The van der Waals surface area contributed by atoms with Gasteiger partial charge in [-0.3, -0.25) is 14.4 Å². The van der Waals surface area contributed by atoms with Crippen LogP contribution in [0, 0.1) is 5.92 Å². The highest BCUT2D eigenvalue weighted by molar-refractivity contribution is 9.10. The van der Waals surface area contributed by atoms with Gasteiger partial charge in [-0.25, -0.2) is 9.96 Å². The van der Waals surface area contributed by atoms with Crippen molar-refractivity contribution in [2.45, 2.75) is 12.1 Å². The normalized spacial score (nSPS) is 22.4. The maximum absolute atomic E-state index is 13.6. The summed E-state index contributed by atoms with van der Waals surface area (Å²) in [6.45, 7) is 0. The molecule has 32 heavy (non-hydrogen) atoms. The zero-order valence-electron chi connectivity index (χ0n) is 17.0. The van der Waals surface area contributed by atoms with Crippen molar-refractivity contribution in [2.75, 3.05) is 17.1 Å². The van der Waals surface area contributed by atoms with Gasteiger partial charge in [-0.05, 0) is 54.6 Å². The standard InChI is InChI=1S/C24H19BrN2O5/c1-31-17-10-8-15(9-11-17)26-23(29)20-21(18-13-14(25)7-12-19(18)28)27(32-22(20)24(26)30)16-5-3-2-4-6-16/h2-13,20-22,28H,1H3. The van der Waals surface area contributed by atoms with E-state index in [1.807, 2.05) is 30.3 Å². The minimum absolute atomic E-state index is 0.0199. The van der Waals surface area contributed by atoms with Gasteiger partial charge in [0.15, 0.2) is 6.10 Å². The Morgan fingerprint density at radius 3 is 2.34 bits per heavy atom. The summed E-state index contributed by atoms with van der Waals surface area (Å²) in [6.07, 6.45) is -1.01. The molecule has 3 aromatic carbocycles. The molecule has 2 fully saturated rings. The number of halogens is 1. The monoisotopic (exact) mass is 494 g/mol. The van der Waals surface area contributed by atoms with Crippen molar-refractivity contribution in [1.82, 2.24) is 0 Å². The predicted molar refractivity (Wildman–Crippen MR) is 121 cm³/mol. The number of hydroxylamine groups is 1. The number of ether oxygens (including phenoxy) is 1. The number of carbonyl (C=O) groups is 2. The van der Waals surface area contributed by atoms with E-state index in [0.29, 0.717) is 22.7 Å². The average molecular weight is 495 g/mol. The number of aromatic hydroxyl groups is 1.